The highest BCUT2D eigenvalue weighted by Gasteiger charge is 2.16. The Morgan fingerprint density at radius 1 is 0.551 bits per heavy atom. The lowest BCUT2D eigenvalue weighted by Gasteiger charge is -2.10. The van der Waals surface area contributed by atoms with E-state index in [1.807, 2.05) is 0 Å². The molecule has 0 saturated heterocycles. The maximum atomic E-state index is 12.7. The van der Waals surface area contributed by atoms with Crippen LogP contribution in [0.5, 0.6) is 23.0 Å². The lowest BCUT2D eigenvalue weighted by molar-refractivity contribution is -0.140. The van der Waals surface area contributed by atoms with Gasteiger partial charge >= 0.3 is 35.8 Å². The minimum absolute atomic E-state index is 0.00425. The molecule has 0 aliphatic carbocycles. The lowest BCUT2D eigenvalue weighted by atomic mass is 10.2. The number of carbonyl (C=O) groups excluding carboxylic acids is 6. The van der Waals surface area contributed by atoms with Crippen LogP contribution >= 0.6 is 11.6 Å². The van der Waals surface area contributed by atoms with Gasteiger partial charge in [-0.05, 0) is 86.3 Å². The van der Waals surface area contributed by atoms with Gasteiger partial charge in [0.15, 0.2) is 0 Å². The Balaban J connectivity index is 1.43. The first-order valence-electron chi connectivity index (χ1n) is 15.0. The molecule has 0 radical (unpaired) electrons. The van der Waals surface area contributed by atoms with Crippen LogP contribution in [-0.4, -0.2) is 49.0 Å². The van der Waals surface area contributed by atoms with Crippen LogP contribution in [0.2, 0.25) is 5.02 Å². The number of carbonyl (C=O) groups is 6. The Kier molecular flexibility index (Phi) is 15.2. The van der Waals surface area contributed by atoms with Crippen molar-refractivity contribution in [3.8, 4) is 23.0 Å². The van der Waals surface area contributed by atoms with Gasteiger partial charge in [-0.15, -0.1) is 0 Å². The number of halogens is 1. The molecule has 0 N–H and O–H groups in total. The van der Waals surface area contributed by atoms with E-state index in [-0.39, 0.29) is 71.6 Å². The molecule has 3 aromatic carbocycles. The van der Waals surface area contributed by atoms with Crippen molar-refractivity contribution < 1.29 is 57.2 Å². The van der Waals surface area contributed by atoms with Crippen molar-refractivity contribution in [3.05, 3.63) is 108 Å². The van der Waals surface area contributed by atoms with Crippen molar-refractivity contribution in [1.82, 2.24) is 0 Å². The predicted octanol–water partition coefficient (Wildman–Crippen LogP) is 6.39. The average Bonchev–Trinajstić information content (AvgIpc) is 3.09. The molecule has 13 heteroatoms. The number of esters is 6. The molecule has 256 valence electrons. The maximum Gasteiger partial charge on any atom is 0.343 e. The number of benzene rings is 3. The molecule has 0 aliphatic rings. The molecule has 49 heavy (non-hydrogen) atoms. The fourth-order valence-corrected chi connectivity index (χ4v) is 4.07. The Hall–Kier alpha value is -5.75. The van der Waals surface area contributed by atoms with Crippen molar-refractivity contribution in [2.75, 3.05) is 13.2 Å². The van der Waals surface area contributed by atoms with E-state index in [4.69, 9.17) is 40.0 Å². The van der Waals surface area contributed by atoms with E-state index in [2.05, 4.69) is 13.2 Å². The topological polar surface area (TPSA) is 158 Å². The second kappa shape index (κ2) is 19.8. The SMILES string of the molecule is C=CC(=O)OCCCCCC(=O)Oc1ccc(C(=O)Oc2ccc(OC(=O)c3ccc(OC(=O)CCCOC(=O)C=C)cc3)cc2Cl)cc1. The van der Waals surface area contributed by atoms with E-state index in [9.17, 15) is 28.8 Å². The van der Waals surface area contributed by atoms with Crippen LogP contribution < -0.4 is 18.9 Å². The van der Waals surface area contributed by atoms with Crippen LogP contribution in [0.15, 0.2) is 92.0 Å². The smallest absolute Gasteiger partial charge is 0.343 e. The molecule has 0 heterocycles. The highest BCUT2D eigenvalue weighted by atomic mass is 35.5. The van der Waals surface area contributed by atoms with Crippen molar-refractivity contribution in [3.63, 3.8) is 0 Å². The summed E-state index contributed by atoms with van der Waals surface area (Å²) >= 11 is 6.27. The van der Waals surface area contributed by atoms with Crippen LogP contribution in [0.4, 0.5) is 0 Å². The van der Waals surface area contributed by atoms with Crippen molar-refractivity contribution in [2.45, 2.75) is 38.5 Å². The largest absolute Gasteiger partial charge is 0.463 e. The molecule has 0 unspecified atom stereocenters. The minimum Gasteiger partial charge on any atom is -0.463 e. The number of hydrogen-bond acceptors (Lipinski definition) is 12. The first-order chi connectivity index (χ1) is 23.6. The van der Waals surface area contributed by atoms with Crippen molar-refractivity contribution in [1.29, 1.82) is 0 Å². The number of ether oxygens (including phenoxy) is 6. The number of rotatable bonds is 18. The molecule has 0 bridgehead atoms. The Morgan fingerprint density at radius 3 is 1.53 bits per heavy atom. The molecule has 0 fully saturated rings. The Morgan fingerprint density at radius 2 is 1.02 bits per heavy atom. The Labute approximate surface area is 287 Å². The van der Waals surface area contributed by atoms with E-state index >= 15 is 0 Å². The summed E-state index contributed by atoms with van der Waals surface area (Å²) < 4.78 is 30.9. The zero-order chi connectivity index (χ0) is 35.6. The second-order valence-electron chi connectivity index (χ2n) is 10.0. The third kappa shape index (κ3) is 13.5. The zero-order valence-electron chi connectivity index (χ0n) is 26.4. The molecule has 0 amide bonds. The fraction of sp³-hybridized carbons (Fsp3) is 0.222. The monoisotopic (exact) mass is 692 g/mol. The van der Waals surface area contributed by atoms with Crippen LogP contribution in [-0.2, 0) is 28.7 Å². The second-order valence-corrected chi connectivity index (χ2v) is 10.4. The van der Waals surface area contributed by atoms with E-state index < -0.39 is 35.8 Å². The molecular weight excluding hydrogens is 660 g/mol. The van der Waals surface area contributed by atoms with Crippen molar-refractivity contribution in [2.24, 2.45) is 0 Å². The van der Waals surface area contributed by atoms with Crippen LogP contribution in [0.25, 0.3) is 0 Å². The first kappa shape index (κ1) is 37.7. The number of hydrogen-bond donors (Lipinski definition) is 0. The molecule has 0 aliphatic heterocycles. The lowest BCUT2D eigenvalue weighted by Crippen LogP contribution is -2.11. The van der Waals surface area contributed by atoms with Gasteiger partial charge in [-0.1, -0.05) is 24.8 Å². The standard InChI is InChI=1S/C36H33ClO12/c1-3-31(38)44-21-7-5-6-9-33(40)46-26-17-13-25(14-18-26)36(43)49-30-20-19-28(23-29(30)37)48-35(42)24-11-15-27(16-12-24)47-34(41)10-8-22-45-32(39)4-2/h3-4,11-20,23H,1-2,5-10,21-22H2. The summed E-state index contributed by atoms with van der Waals surface area (Å²) in [5, 5.41) is 0.00425. The molecule has 3 aromatic rings. The molecule has 0 spiro atoms. The van der Waals surface area contributed by atoms with Crippen LogP contribution in [0.3, 0.4) is 0 Å². The molecular formula is C36H33ClO12. The van der Waals surface area contributed by atoms with Gasteiger partial charge in [0.05, 0.1) is 29.4 Å². The summed E-state index contributed by atoms with van der Waals surface area (Å²) in [6.07, 6.45) is 4.43. The van der Waals surface area contributed by atoms with E-state index in [0.29, 0.717) is 19.3 Å². The summed E-state index contributed by atoms with van der Waals surface area (Å²) in [6, 6.07) is 15.5. The summed E-state index contributed by atoms with van der Waals surface area (Å²) in [5.41, 5.74) is 0.337. The molecule has 0 atom stereocenters. The van der Waals surface area contributed by atoms with E-state index in [1.165, 1.54) is 66.7 Å². The molecule has 12 nitrogen and oxygen atoms in total. The fourth-order valence-electron chi connectivity index (χ4n) is 3.86. The molecule has 3 rings (SSSR count). The van der Waals surface area contributed by atoms with Gasteiger partial charge in [-0.2, -0.15) is 0 Å². The predicted molar refractivity (Wildman–Crippen MR) is 176 cm³/mol. The van der Waals surface area contributed by atoms with Gasteiger partial charge in [-0.3, -0.25) is 9.59 Å². The van der Waals surface area contributed by atoms with Gasteiger partial charge in [0.2, 0.25) is 0 Å². The average molecular weight is 693 g/mol. The summed E-state index contributed by atoms with van der Waals surface area (Å²) in [5.74, 6) is -2.91. The van der Waals surface area contributed by atoms with Gasteiger partial charge < -0.3 is 28.4 Å². The first-order valence-corrected chi connectivity index (χ1v) is 15.4. The summed E-state index contributed by atoms with van der Waals surface area (Å²) in [4.78, 5) is 71.4. The van der Waals surface area contributed by atoms with E-state index in [1.54, 1.807) is 0 Å². The quantitative estimate of drug-likeness (QED) is 0.0627. The zero-order valence-corrected chi connectivity index (χ0v) is 27.1. The molecule has 0 saturated carbocycles. The minimum atomic E-state index is -0.724. The normalized spacial score (nSPS) is 10.2. The Bertz CT molecular complexity index is 1660. The number of unbranched alkanes of at least 4 members (excludes halogenated alkanes) is 2. The van der Waals surface area contributed by atoms with Gasteiger partial charge in [-0.25, -0.2) is 19.2 Å². The third-order valence-electron chi connectivity index (χ3n) is 6.33. The van der Waals surface area contributed by atoms with E-state index in [0.717, 1.165) is 12.2 Å². The van der Waals surface area contributed by atoms with Crippen LogP contribution in [0.1, 0.15) is 59.2 Å². The van der Waals surface area contributed by atoms with Gasteiger partial charge in [0, 0.05) is 31.1 Å². The molecule has 0 aromatic heterocycles. The van der Waals surface area contributed by atoms with Crippen molar-refractivity contribution >= 4 is 47.4 Å². The summed E-state index contributed by atoms with van der Waals surface area (Å²) in [7, 11) is 0. The summed E-state index contributed by atoms with van der Waals surface area (Å²) in [6.45, 7) is 6.90. The van der Waals surface area contributed by atoms with Gasteiger partial charge in [0.1, 0.15) is 23.0 Å². The maximum absolute atomic E-state index is 12.7. The van der Waals surface area contributed by atoms with Gasteiger partial charge in [0.25, 0.3) is 0 Å². The highest BCUT2D eigenvalue weighted by Crippen LogP contribution is 2.30. The highest BCUT2D eigenvalue weighted by molar-refractivity contribution is 6.32. The van der Waals surface area contributed by atoms with Crippen LogP contribution in [0, 0.1) is 0 Å². The third-order valence-corrected chi connectivity index (χ3v) is 6.63.